The third-order valence-electron chi connectivity index (χ3n) is 4.75. The van der Waals surface area contributed by atoms with E-state index in [-0.39, 0.29) is 0 Å². The van der Waals surface area contributed by atoms with E-state index in [0.29, 0.717) is 11.4 Å². The van der Waals surface area contributed by atoms with Crippen LogP contribution in [0.2, 0.25) is 0 Å². The smallest absolute Gasteiger partial charge is 0.321 e. The fraction of sp³-hybridized carbons (Fsp3) is 0.136. The second-order valence-corrected chi connectivity index (χ2v) is 9.42. The molecule has 3 N–H and O–H groups in total. The monoisotopic (exact) mass is 453 g/mol. The lowest BCUT2D eigenvalue weighted by molar-refractivity contribution is 0.606. The largest absolute Gasteiger partial charge is 0.377 e. The topological polar surface area (TPSA) is 86.4 Å². The van der Waals surface area contributed by atoms with Gasteiger partial charge in [-0.2, -0.15) is 8.42 Å². The van der Waals surface area contributed by atoms with Crippen LogP contribution in [-0.4, -0.2) is 34.5 Å². The molecular formula is C22H23N5O2S2. The molecule has 0 unspecified atom stereocenters. The summed E-state index contributed by atoms with van der Waals surface area (Å²) in [5.41, 5.74) is 3.61. The van der Waals surface area contributed by atoms with Gasteiger partial charge in [0.15, 0.2) is 5.13 Å². The Bertz CT molecular complexity index is 1330. The highest BCUT2D eigenvalue weighted by Crippen LogP contribution is 2.31. The third kappa shape index (κ3) is 4.57. The zero-order valence-electron chi connectivity index (χ0n) is 17.4. The average Bonchev–Trinajstić information content (AvgIpc) is 3.22. The zero-order chi connectivity index (χ0) is 22.0. The molecule has 4 rings (SSSR count). The SMILES string of the molecule is CNc1nc(-c2cccc(NS(=O)(=O)Nc3cccc4c(N(C)C)cccc34)c2)cs1. The summed E-state index contributed by atoms with van der Waals surface area (Å²) in [5, 5.41) is 7.53. The Kier molecular flexibility index (Phi) is 5.71. The highest BCUT2D eigenvalue weighted by atomic mass is 32.2. The predicted molar refractivity (Wildman–Crippen MR) is 132 cm³/mol. The minimum absolute atomic E-state index is 0.457. The van der Waals surface area contributed by atoms with Crippen LogP contribution < -0.4 is 19.7 Å². The molecule has 0 aliphatic carbocycles. The van der Waals surface area contributed by atoms with Gasteiger partial charge < -0.3 is 10.2 Å². The molecule has 1 heterocycles. The van der Waals surface area contributed by atoms with Crippen LogP contribution in [-0.2, 0) is 10.2 Å². The molecule has 31 heavy (non-hydrogen) atoms. The summed E-state index contributed by atoms with van der Waals surface area (Å²) in [6.07, 6.45) is 0. The van der Waals surface area contributed by atoms with Crippen LogP contribution in [0.25, 0.3) is 22.0 Å². The molecular weight excluding hydrogens is 430 g/mol. The number of fused-ring (bicyclic) bond motifs is 1. The van der Waals surface area contributed by atoms with Gasteiger partial charge in [0.1, 0.15) is 0 Å². The molecule has 0 aliphatic rings. The number of hydrogen-bond acceptors (Lipinski definition) is 6. The van der Waals surface area contributed by atoms with Gasteiger partial charge in [0.05, 0.1) is 17.1 Å². The van der Waals surface area contributed by atoms with E-state index >= 15 is 0 Å². The first-order valence-corrected chi connectivity index (χ1v) is 12.0. The maximum Gasteiger partial charge on any atom is 0.321 e. The van der Waals surface area contributed by atoms with Crippen LogP contribution in [0.15, 0.2) is 66.0 Å². The van der Waals surface area contributed by atoms with E-state index in [1.54, 1.807) is 24.3 Å². The van der Waals surface area contributed by atoms with Crippen LogP contribution >= 0.6 is 11.3 Å². The van der Waals surface area contributed by atoms with Gasteiger partial charge >= 0.3 is 10.2 Å². The third-order valence-corrected chi connectivity index (χ3v) is 6.61. The first kappa shape index (κ1) is 21.0. The molecule has 0 saturated heterocycles. The van der Waals surface area contributed by atoms with Crippen molar-refractivity contribution < 1.29 is 8.42 Å². The highest BCUT2D eigenvalue weighted by molar-refractivity contribution is 7.94. The van der Waals surface area contributed by atoms with E-state index in [9.17, 15) is 8.42 Å². The molecule has 4 aromatic rings. The summed E-state index contributed by atoms with van der Waals surface area (Å²) < 4.78 is 31.0. The summed E-state index contributed by atoms with van der Waals surface area (Å²) in [5.74, 6) is 0. The van der Waals surface area contributed by atoms with Crippen molar-refractivity contribution in [2.24, 2.45) is 0 Å². The summed E-state index contributed by atoms with van der Waals surface area (Å²) >= 11 is 1.49. The maximum absolute atomic E-state index is 12.9. The number of thiazole rings is 1. The second-order valence-electron chi connectivity index (χ2n) is 7.15. The van der Waals surface area contributed by atoms with Crippen LogP contribution in [0.3, 0.4) is 0 Å². The summed E-state index contributed by atoms with van der Waals surface area (Å²) in [6.45, 7) is 0. The van der Waals surface area contributed by atoms with Crippen molar-refractivity contribution in [1.29, 1.82) is 0 Å². The minimum Gasteiger partial charge on any atom is -0.377 e. The molecule has 0 atom stereocenters. The Morgan fingerprint density at radius 1 is 0.935 bits per heavy atom. The van der Waals surface area contributed by atoms with Crippen molar-refractivity contribution in [3.05, 3.63) is 66.0 Å². The number of nitrogens with one attached hydrogen (secondary N) is 3. The van der Waals surface area contributed by atoms with Crippen LogP contribution in [0.5, 0.6) is 0 Å². The molecule has 9 heteroatoms. The Morgan fingerprint density at radius 2 is 1.68 bits per heavy atom. The molecule has 0 amide bonds. The summed E-state index contributed by atoms with van der Waals surface area (Å²) in [4.78, 5) is 6.47. The van der Waals surface area contributed by atoms with E-state index in [1.807, 2.05) is 67.8 Å². The average molecular weight is 454 g/mol. The lowest BCUT2D eigenvalue weighted by Crippen LogP contribution is -2.21. The van der Waals surface area contributed by atoms with Gasteiger partial charge in [-0.05, 0) is 24.3 Å². The molecule has 7 nitrogen and oxygen atoms in total. The Balaban J connectivity index is 1.61. The Morgan fingerprint density at radius 3 is 2.42 bits per heavy atom. The van der Waals surface area contributed by atoms with Gasteiger partial charge in [-0.3, -0.25) is 9.44 Å². The van der Waals surface area contributed by atoms with Crippen molar-refractivity contribution in [3.63, 3.8) is 0 Å². The number of hydrogen-bond donors (Lipinski definition) is 3. The van der Waals surface area contributed by atoms with Gasteiger partial charge in [0, 0.05) is 48.5 Å². The van der Waals surface area contributed by atoms with Gasteiger partial charge in [-0.25, -0.2) is 4.98 Å². The van der Waals surface area contributed by atoms with Crippen molar-refractivity contribution in [3.8, 4) is 11.3 Å². The number of aromatic nitrogens is 1. The predicted octanol–water partition coefficient (Wildman–Crippen LogP) is 4.84. The fourth-order valence-electron chi connectivity index (χ4n) is 3.36. The van der Waals surface area contributed by atoms with E-state index in [4.69, 9.17) is 0 Å². The van der Waals surface area contributed by atoms with Crippen molar-refractivity contribution in [2.45, 2.75) is 0 Å². The van der Waals surface area contributed by atoms with Gasteiger partial charge in [0.25, 0.3) is 0 Å². The first-order valence-electron chi connectivity index (χ1n) is 9.59. The molecule has 3 aromatic carbocycles. The number of anilines is 4. The lowest BCUT2D eigenvalue weighted by atomic mass is 10.1. The molecule has 1 aromatic heterocycles. The highest BCUT2D eigenvalue weighted by Gasteiger charge is 2.14. The molecule has 0 aliphatic heterocycles. The molecule has 0 fully saturated rings. The van der Waals surface area contributed by atoms with E-state index in [1.165, 1.54) is 11.3 Å². The lowest BCUT2D eigenvalue weighted by Gasteiger charge is -2.17. The van der Waals surface area contributed by atoms with Gasteiger partial charge in [-0.15, -0.1) is 11.3 Å². The zero-order valence-corrected chi connectivity index (χ0v) is 19.0. The number of rotatable bonds is 7. The Labute approximate surface area is 185 Å². The minimum atomic E-state index is -3.85. The van der Waals surface area contributed by atoms with Crippen LogP contribution in [0.1, 0.15) is 0 Å². The molecule has 160 valence electrons. The van der Waals surface area contributed by atoms with E-state index < -0.39 is 10.2 Å². The fourth-order valence-corrected chi connectivity index (χ4v) is 5.00. The second kappa shape index (κ2) is 8.44. The molecule has 0 spiro atoms. The number of nitrogens with zero attached hydrogens (tertiary/aromatic N) is 2. The molecule has 0 radical (unpaired) electrons. The van der Waals surface area contributed by atoms with E-state index in [2.05, 4.69) is 19.7 Å². The quantitative estimate of drug-likeness (QED) is 0.373. The van der Waals surface area contributed by atoms with Gasteiger partial charge in [0.2, 0.25) is 0 Å². The summed E-state index contributed by atoms with van der Waals surface area (Å²) in [7, 11) is 1.88. The van der Waals surface area contributed by atoms with Crippen LogP contribution in [0, 0.1) is 0 Å². The van der Waals surface area contributed by atoms with Crippen molar-refractivity contribution in [2.75, 3.05) is 40.8 Å². The summed E-state index contributed by atoms with van der Waals surface area (Å²) in [6, 6.07) is 18.6. The normalized spacial score (nSPS) is 11.3. The van der Waals surface area contributed by atoms with Gasteiger partial charge in [-0.1, -0.05) is 36.4 Å². The van der Waals surface area contributed by atoms with Crippen LogP contribution in [0.4, 0.5) is 22.2 Å². The number of benzene rings is 3. The van der Waals surface area contributed by atoms with Crippen molar-refractivity contribution >= 4 is 54.5 Å². The molecule has 0 bridgehead atoms. The standard InChI is InChI=1S/C22H23N5O2S2/c1-23-22-24-20(14-30-22)15-7-4-8-16(13-15)25-31(28,29)26-19-11-5-10-18-17(19)9-6-12-21(18)27(2)3/h4-14,25-26H,1-3H3,(H,23,24). The first-order chi connectivity index (χ1) is 14.9. The maximum atomic E-state index is 12.9. The van der Waals surface area contributed by atoms with Crippen molar-refractivity contribution in [1.82, 2.24) is 4.98 Å². The van der Waals surface area contributed by atoms with E-state index in [0.717, 1.165) is 32.8 Å². The Hall–Kier alpha value is -3.30. The molecule has 0 saturated carbocycles.